The summed E-state index contributed by atoms with van der Waals surface area (Å²) in [5.41, 5.74) is 4.88. The minimum absolute atomic E-state index is 0.956. The zero-order valence-corrected chi connectivity index (χ0v) is 14.0. The van der Waals surface area contributed by atoms with Gasteiger partial charge >= 0.3 is 0 Å². The molecule has 0 fully saturated rings. The standard InChI is InChI=1S/C19H28N2/c1-6-8-18(15-16(3)20-7-2)10-9-17-11-13-19(14-12-17)21(4)5/h8-15,20H,6-7H2,1-5H3/b10-9+,16-15-,18-8-. The molecule has 0 atom stereocenters. The Kier molecular flexibility index (Phi) is 7.38. The number of hydrogen-bond donors (Lipinski definition) is 1. The average Bonchev–Trinajstić information content (AvgIpc) is 2.45. The van der Waals surface area contributed by atoms with E-state index in [0.29, 0.717) is 0 Å². The third-order valence-corrected chi connectivity index (χ3v) is 3.16. The molecule has 21 heavy (non-hydrogen) atoms. The van der Waals surface area contributed by atoms with E-state index >= 15 is 0 Å². The first-order valence-corrected chi connectivity index (χ1v) is 7.64. The first-order valence-electron chi connectivity index (χ1n) is 7.64. The van der Waals surface area contributed by atoms with Gasteiger partial charge in [0.05, 0.1) is 0 Å². The van der Waals surface area contributed by atoms with Gasteiger partial charge in [0.25, 0.3) is 0 Å². The van der Waals surface area contributed by atoms with E-state index in [1.54, 1.807) is 0 Å². The van der Waals surface area contributed by atoms with Crippen LogP contribution in [0.4, 0.5) is 5.69 Å². The highest BCUT2D eigenvalue weighted by atomic mass is 15.1. The second kappa shape index (κ2) is 9.06. The predicted octanol–water partition coefficient (Wildman–Crippen LogP) is 4.62. The van der Waals surface area contributed by atoms with E-state index in [-0.39, 0.29) is 0 Å². The molecule has 0 aliphatic rings. The van der Waals surface area contributed by atoms with Crippen LogP contribution in [0.25, 0.3) is 6.08 Å². The third-order valence-electron chi connectivity index (χ3n) is 3.16. The van der Waals surface area contributed by atoms with Gasteiger partial charge in [-0.1, -0.05) is 37.3 Å². The highest BCUT2D eigenvalue weighted by molar-refractivity contribution is 5.58. The monoisotopic (exact) mass is 284 g/mol. The van der Waals surface area contributed by atoms with Crippen molar-refractivity contribution in [2.45, 2.75) is 27.2 Å². The molecular weight excluding hydrogens is 256 g/mol. The number of hydrogen-bond acceptors (Lipinski definition) is 2. The molecule has 114 valence electrons. The molecule has 0 bridgehead atoms. The van der Waals surface area contributed by atoms with Crippen molar-refractivity contribution in [3.05, 3.63) is 59.3 Å². The maximum Gasteiger partial charge on any atom is 0.0361 e. The van der Waals surface area contributed by atoms with Gasteiger partial charge in [0.15, 0.2) is 0 Å². The van der Waals surface area contributed by atoms with E-state index < -0.39 is 0 Å². The van der Waals surface area contributed by atoms with Crippen molar-refractivity contribution < 1.29 is 0 Å². The molecule has 0 radical (unpaired) electrons. The summed E-state index contributed by atoms with van der Waals surface area (Å²) in [5, 5.41) is 3.33. The Morgan fingerprint density at radius 3 is 2.33 bits per heavy atom. The van der Waals surface area contributed by atoms with Crippen LogP contribution >= 0.6 is 0 Å². The van der Waals surface area contributed by atoms with Crippen molar-refractivity contribution in [1.29, 1.82) is 0 Å². The quantitative estimate of drug-likeness (QED) is 0.735. The second-order valence-electron chi connectivity index (χ2n) is 5.29. The Bertz CT molecular complexity index is 505. The van der Waals surface area contributed by atoms with Crippen LogP contribution in [0.1, 0.15) is 32.8 Å². The lowest BCUT2D eigenvalue weighted by Crippen LogP contribution is -2.09. The smallest absolute Gasteiger partial charge is 0.0361 e. The lowest BCUT2D eigenvalue weighted by atomic mass is 10.1. The van der Waals surface area contributed by atoms with Gasteiger partial charge in [-0.15, -0.1) is 0 Å². The molecule has 0 aliphatic carbocycles. The van der Waals surface area contributed by atoms with Crippen molar-refractivity contribution in [2.75, 3.05) is 25.5 Å². The van der Waals surface area contributed by atoms with Crippen molar-refractivity contribution in [3.8, 4) is 0 Å². The Balaban J connectivity index is 2.83. The molecule has 0 aromatic heterocycles. The van der Waals surface area contributed by atoms with Crippen LogP contribution in [0.15, 0.2) is 53.8 Å². The number of benzene rings is 1. The first kappa shape index (κ1) is 17.1. The number of nitrogens with zero attached hydrogens (tertiary/aromatic N) is 1. The highest BCUT2D eigenvalue weighted by Crippen LogP contribution is 2.14. The van der Waals surface area contributed by atoms with Gasteiger partial charge in [0.1, 0.15) is 0 Å². The van der Waals surface area contributed by atoms with E-state index in [4.69, 9.17) is 0 Å². The minimum Gasteiger partial charge on any atom is -0.389 e. The zero-order valence-electron chi connectivity index (χ0n) is 14.0. The van der Waals surface area contributed by atoms with Crippen molar-refractivity contribution >= 4 is 11.8 Å². The summed E-state index contributed by atoms with van der Waals surface area (Å²) in [7, 11) is 4.11. The lowest BCUT2D eigenvalue weighted by Gasteiger charge is -2.11. The molecule has 0 saturated carbocycles. The summed E-state index contributed by atoms with van der Waals surface area (Å²) >= 11 is 0. The van der Waals surface area contributed by atoms with Crippen LogP contribution in [0.5, 0.6) is 0 Å². The number of anilines is 1. The number of allylic oxidation sites excluding steroid dienone is 5. The van der Waals surface area contributed by atoms with Crippen LogP contribution in [-0.2, 0) is 0 Å². The van der Waals surface area contributed by atoms with E-state index in [9.17, 15) is 0 Å². The SMILES string of the molecule is CC/C=C(\C=C(\C)NCC)/C=C/c1ccc(N(C)C)cc1. The zero-order chi connectivity index (χ0) is 15.7. The third kappa shape index (κ3) is 6.35. The van der Waals surface area contributed by atoms with Crippen LogP contribution in [0, 0.1) is 0 Å². The molecule has 1 rings (SSSR count). The summed E-state index contributed by atoms with van der Waals surface area (Å²) in [4.78, 5) is 2.11. The molecule has 0 heterocycles. The van der Waals surface area contributed by atoms with Gasteiger partial charge in [-0.3, -0.25) is 0 Å². The second-order valence-corrected chi connectivity index (χ2v) is 5.29. The molecule has 0 unspecified atom stereocenters. The van der Waals surface area contributed by atoms with Gasteiger partial charge in [0, 0.05) is 32.0 Å². The molecule has 0 saturated heterocycles. The van der Waals surface area contributed by atoms with Crippen molar-refractivity contribution in [1.82, 2.24) is 5.32 Å². The molecule has 0 spiro atoms. The molecule has 2 nitrogen and oxygen atoms in total. The first-order chi connectivity index (χ1) is 10.1. The molecule has 1 aromatic carbocycles. The molecule has 1 N–H and O–H groups in total. The lowest BCUT2D eigenvalue weighted by molar-refractivity contribution is 0.853. The molecule has 0 amide bonds. The Morgan fingerprint density at radius 1 is 1.14 bits per heavy atom. The van der Waals surface area contributed by atoms with Gasteiger partial charge in [0.2, 0.25) is 0 Å². The summed E-state index contributed by atoms with van der Waals surface area (Å²) in [5.74, 6) is 0. The van der Waals surface area contributed by atoms with Crippen LogP contribution < -0.4 is 10.2 Å². The fourth-order valence-electron chi connectivity index (χ4n) is 2.07. The molecule has 2 heteroatoms. The number of nitrogens with one attached hydrogen (secondary N) is 1. The fraction of sp³-hybridized carbons (Fsp3) is 0.368. The Hall–Kier alpha value is -1.96. The predicted molar refractivity (Wildman–Crippen MR) is 95.6 cm³/mol. The Labute approximate surface area is 129 Å². The van der Waals surface area contributed by atoms with E-state index in [1.807, 2.05) is 0 Å². The van der Waals surface area contributed by atoms with Crippen molar-refractivity contribution in [3.63, 3.8) is 0 Å². The molecular formula is C19H28N2. The summed E-state index contributed by atoms with van der Waals surface area (Å²) in [6, 6.07) is 8.58. The van der Waals surface area contributed by atoms with E-state index in [0.717, 1.165) is 13.0 Å². The normalized spacial score (nSPS) is 12.8. The van der Waals surface area contributed by atoms with Crippen LogP contribution in [0.3, 0.4) is 0 Å². The van der Waals surface area contributed by atoms with Gasteiger partial charge in [-0.05, 0) is 49.6 Å². The van der Waals surface area contributed by atoms with E-state index in [1.165, 1.54) is 22.5 Å². The molecule has 0 aliphatic heterocycles. The minimum atomic E-state index is 0.956. The maximum absolute atomic E-state index is 3.33. The van der Waals surface area contributed by atoms with Crippen LogP contribution in [0.2, 0.25) is 0 Å². The molecule has 1 aromatic rings. The average molecular weight is 284 g/mol. The highest BCUT2D eigenvalue weighted by Gasteiger charge is 1.94. The van der Waals surface area contributed by atoms with E-state index in [2.05, 4.69) is 93.7 Å². The van der Waals surface area contributed by atoms with Gasteiger partial charge in [-0.25, -0.2) is 0 Å². The summed E-state index contributed by atoms with van der Waals surface area (Å²) in [6.07, 6.45) is 9.81. The number of rotatable bonds is 7. The van der Waals surface area contributed by atoms with Crippen LogP contribution in [-0.4, -0.2) is 20.6 Å². The summed E-state index contributed by atoms with van der Waals surface area (Å²) < 4.78 is 0. The largest absolute Gasteiger partial charge is 0.389 e. The Morgan fingerprint density at radius 2 is 1.81 bits per heavy atom. The van der Waals surface area contributed by atoms with Gasteiger partial charge < -0.3 is 10.2 Å². The van der Waals surface area contributed by atoms with Crippen molar-refractivity contribution in [2.24, 2.45) is 0 Å². The maximum atomic E-state index is 3.33. The topological polar surface area (TPSA) is 15.3 Å². The van der Waals surface area contributed by atoms with Gasteiger partial charge in [-0.2, -0.15) is 0 Å². The summed E-state index contributed by atoms with van der Waals surface area (Å²) in [6.45, 7) is 7.34. The fourth-order valence-corrected chi connectivity index (χ4v) is 2.07.